The first-order valence-corrected chi connectivity index (χ1v) is 8.49. The van der Waals surface area contributed by atoms with E-state index in [1.165, 1.54) is 12.1 Å². The third kappa shape index (κ3) is 6.55. The Labute approximate surface area is 151 Å². The Bertz CT molecular complexity index is 721. The van der Waals surface area contributed by atoms with Crippen molar-refractivity contribution < 1.29 is 23.8 Å². The van der Waals surface area contributed by atoms with E-state index in [1.807, 2.05) is 30.3 Å². The predicted molar refractivity (Wildman–Crippen MR) is 95.3 cm³/mol. The number of para-hydroxylation sites is 1. The van der Waals surface area contributed by atoms with Gasteiger partial charge in [0, 0.05) is 12.8 Å². The highest BCUT2D eigenvalue weighted by Crippen LogP contribution is 2.19. The van der Waals surface area contributed by atoms with Crippen LogP contribution in [0.4, 0.5) is 4.39 Å². The summed E-state index contributed by atoms with van der Waals surface area (Å²) in [5.41, 5.74) is 0.850. The summed E-state index contributed by atoms with van der Waals surface area (Å²) in [6.07, 6.45) is 1.22. The fourth-order valence-corrected chi connectivity index (χ4v) is 2.47. The fraction of sp³-hybridized carbons (Fsp3) is 0.300. The number of carboxylic acids is 1. The van der Waals surface area contributed by atoms with Gasteiger partial charge in [0.1, 0.15) is 6.61 Å². The Balaban J connectivity index is 1.95. The van der Waals surface area contributed by atoms with E-state index in [4.69, 9.17) is 9.84 Å². The third-order valence-electron chi connectivity index (χ3n) is 3.82. The summed E-state index contributed by atoms with van der Waals surface area (Å²) in [7, 11) is 0. The van der Waals surface area contributed by atoms with Crippen LogP contribution >= 0.6 is 0 Å². The average Bonchev–Trinajstić information content (AvgIpc) is 2.64. The molecule has 2 aromatic rings. The van der Waals surface area contributed by atoms with Gasteiger partial charge in [0.2, 0.25) is 5.91 Å². The van der Waals surface area contributed by atoms with Crippen LogP contribution in [0.1, 0.15) is 37.3 Å². The van der Waals surface area contributed by atoms with Crippen molar-refractivity contribution in [3.63, 3.8) is 0 Å². The molecule has 2 N–H and O–H groups in total. The molecule has 5 nitrogen and oxygen atoms in total. The number of carbonyl (C=O) groups excluding carboxylic acids is 1. The fourth-order valence-electron chi connectivity index (χ4n) is 2.47. The molecule has 2 rings (SSSR count). The first kappa shape index (κ1) is 19.4. The third-order valence-corrected chi connectivity index (χ3v) is 3.82. The van der Waals surface area contributed by atoms with E-state index in [0.29, 0.717) is 12.8 Å². The van der Waals surface area contributed by atoms with Crippen molar-refractivity contribution in [2.75, 3.05) is 6.61 Å². The average molecular weight is 359 g/mol. The normalized spacial score (nSPS) is 11.6. The molecule has 0 saturated heterocycles. The zero-order valence-corrected chi connectivity index (χ0v) is 14.4. The second-order valence-electron chi connectivity index (χ2n) is 5.87. The van der Waals surface area contributed by atoms with Crippen LogP contribution in [0.25, 0.3) is 0 Å². The summed E-state index contributed by atoms with van der Waals surface area (Å²) in [6, 6.07) is 15.0. The number of carbonyl (C=O) groups is 2. The lowest BCUT2D eigenvalue weighted by Gasteiger charge is -2.20. The Hall–Kier alpha value is -2.89. The van der Waals surface area contributed by atoms with Crippen LogP contribution in [0.2, 0.25) is 0 Å². The van der Waals surface area contributed by atoms with Gasteiger partial charge in [0.15, 0.2) is 11.6 Å². The number of hydrogen-bond acceptors (Lipinski definition) is 3. The maximum atomic E-state index is 13.7. The van der Waals surface area contributed by atoms with Crippen molar-refractivity contribution in [2.24, 2.45) is 0 Å². The topological polar surface area (TPSA) is 75.6 Å². The molecule has 1 unspecified atom stereocenters. The van der Waals surface area contributed by atoms with E-state index < -0.39 is 17.8 Å². The lowest BCUT2D eigenvalue weighted by molar-refractivity contribution is -0.137. The summed E-state index contributed by atoms with van der Waals surface area (Å²) in [4.78, 5) is 22.7. The van der Waals surface area contributed by atoms with Crippen molar-refractivity contribution in [2.45, 2.75) is 31.7 Å². The second kappa shape index (κ2) is 10.2. The molecule has 0 aliphatic carbocycles. The zero-order chi connectivity index (χ0) is 18.8. The quantitative estimate of drug-likeness (QED) is 0.634. The van der Waals surface area contributed by atoms with Crippen LogP contribution in [0.3, 0.4) is 0 Å². The van der Waals surface area contributed by atoms with Gasteiger partial charge in [0.25, 0.3) is 0 Å². The SMILES string of the molecule is O=C(O)CCCCC(=O)NC(COc1ccccc1F)c1ccccc1. The van der Waals surface area contributed by atoms with Crippen LogP contribution in [0.15, 0.2) is 54.6 Å². The summed E-state index contributed by atoms with van der Waals surface area (Å²) < 4.78 is 19.3. The number of rotatable bonds is 10. The first-order chi connectivity index (χ1) is 12.6. The molecular formula is C20H22FNO4. The van der Waals surface area contributed by atoms with Gasteiger partial charge < -0.3 is 15.2 Å². The number of hydrogen-bond donors (Lipinski definition) is 2. The van der Waals surface area contributed by atoms with Crippen molar-refractivity contribution in [3.8, 4) is 5.75 Å². The van der Waals surface area contributed by atoms with Gasteiger partial charge in [-0.25, -0.2) is 4.39 Å². The minimum atomic E-state index is -0.870. The molecule has 26 heavy (non-hydrogen) atoms. The summed E-state index contributed by atoms with van der Waals surface area (Å²) >= 11 is 0. The summed E-state index contributed by atoms with van der Waals surface area (Å²) in [6.45, 7) is 0.0891. The molecule has 0 aliphatic heterocycles. The number of amides is 1. The van der Waals surface area contributed by atoms with Crippen LogP contribution in [0, 0.1) is 5.82 Å². The molecule has 1 amide bonds. The smallest absolute Gasteiger partial charge is 0.303 e. The lowest BCUT2D eigenvalue weighted by Crippen LogP contribution is -2.32. The lowest BCUT2D eigenvalue weighted by atomic mass is 10.1. The molecule has 2 aromatic carbocycles. The van der Waals surface area contributed by atoms with Gasteiger partial charge in [-0.1, -0.05) is 42.5 Å². The molecule has 0 aromatic heterocycles. The van der Waals surface area contributed by atoms with Crippen LogP contribution in [-0.4, -0.2) is 23.6 Å². The van der Waals surface area contributed by atoms with E-state index in [1.54, 1.807) is 12.1 Å². The molecule has 6 heteroatoms. The van der Waals surface area contributed by atoms with Gasteiger partial charge in [-0.2, -0.15) is 0 Å². The van der Waals surface area contributed by atoms with Crippen molar-refractivity contribution >= 4 is 11.9 Å². The van der Waals surface area contributed by atoms with Crippen LogP contribution < -0.4 is 10.1 Å². The zero-order valence-electron chi connectivity index (χ0n) is 14.4. The number of nitrogens with one attached hydrogen (secondary N) is 1. The maximum Gasteiger partial charge on any atom is 0.303 e. The van der Waals surface area contributed by atoms with Gasteiger partial charge >= 0.3 is 5.97 Å². The van der Waals surface area contributed by atoms with E-state index in [0.717, 1.165) is 5.56 Å². The van der Waals surface area contributed by atoms with Crippen LogP contribution in [-0.2, 0) is 9.59 Å². The largest absolute Gasteiger partial charge is 0.488 e. The Morgan fingerprint density at radius 2 is 1.65 bits per heavy atom. The van der Waals surface area contributed by atoms with Gasteiger partial charge in [-0.05, 0) is 30.5 Å². The molecule has 138 valence electrons. The minimum Gasteiger partial charge on any atom is -0.488 e. The van der Waals surface area contributed by atoms with E-state index in [2.05, 4.69) is 5.32 Å². The van der Waals surface area contributed by atoms with Gasteiger partial charge in [-0.15, -0.1) is 0 Å². The molecule has 0 fully saturated rings. The number of ether oxygens (including phenoxy) is 1. The standard InChI is InChI=1S/C20H22FNO4/c21-16-10-4-5-11-18(16)26-14-17(15-8-2-1-3-9-15)22-19(23)12-6-7-13-20(24)25/h1-5,8-11,17H,6-7,12-14H2,(H,22,23)(H,24,25). The van der Waals surface area contributed by atoms with Crippen LogP contribution in [0.5, 0.6) is 5.75 Å². The van der Waals surface area contributed by atoms with Crippen molar-refractivity contribution in [1.29, 1.82) is 0 Å². The Morgan fingerprint density at radius 1 is 1.00 bits per heavy atom. The van der Waals surface area contributed by atoms with E-state index in [-0.39, 0.29) is 31.1 Å². The molecule has 0 aliphatic rings. The number of benzene rings is 2. The molecule has 0 bridgehead atoms. The molecule has 0 saturated carbocycles. The first-order valence-electron chi connectivity index (χ1n) is 8.49. The minimum absolute atomic E-state index is 0.0474. The Morgan fingerprint density at radius 3 is 2.35 bits per heavy atom. The molecule has 1 atom stereocenters. The molecule has 0 radical (unpaired) electrons. The second-order valence-corrected chi connectivity index (χ2v) is 5.87. The highest BCUT2D eigenvalue weighted by molar-refractivity contribution is 5.76. The Kier molecular flexibility index (Phi) is 7.61. The molecular weight excluding hydrogens is 337 g/mol. The highest BCUT2D eigenvalue weighted by Gasteiger charge is 2.16. The number of halogens is 1. The maximum absolute atomic E-state index is 13.7. The van der Waals surface area contributed by atoms with Crippen molar-refractivity contribution in [1.82, 2.24) is 5.32 Å². The van der Waals surface area contributed by atoms with Crippen molar-refractivity contribution in [3.05, 3.63) is 66.0 Å². The van der Waals surface area contributed by atoms with E-state index in [9.17, 15) is 14.0 Å². The number of carboxylic acid groups (broad SMARTS) is 1. The number of aliphatic carboxylic acids is 1. The van der Waals surface area contributed by atoms with Gasteiger partial charge in [0.05, 0.1) is 6.04 Å². The highest BCUT2D eigenvalue weighted by atomic mass is 19.1. The molecule has 0 heterocycles. The summed E-state index contributed by atoms with van der Waals surface area (Å²) in [5, 5.41) is 11.5. The van der Waals surface area contributed by atoms with Gasteiger partial charge in [-0.3, -0.25) is 9.59 Å². The predicted octanol–water partition coefficient (Wildman–Crippen LogP) is 3.71. The number of unbranched alkanes of at least 4 members (excludes halogenated alkanes) is 1. The summed E-state index contributed by atoms with van der Waals surface area (Å²) in [5.74, 6) is -1.39. The van der Waals surface area contributed by atoms with E-state index >= 15 is 0 Å². The monoisotopic (exact) mass is 359 g/mol. The molecule has 0 spiro atoms.